The molecule has 1 aromatic heterocycles. The molecule has 3 rings (SSSR count). The lowest BCUT2D eigenvalue weighted by Crippen LogP contribution is -2.30. The van der Waals surface area contributed by atoms with Crippen LogP contribution in [0.2, 0.25) is 0 Å². The minimum absolute atomic E-state index is 0.200. The van der Waals surface area contributed by atoms with Crippen molar-refractivity contribution in [2.45, 2.75) is 69.6 Å². The first-order valence-corrected chi connectivity index (χ1v) is 8.50. The van der Waals surface area contributed by atoms with Crippen molar-refractivity contribution in [2.75, 3.05) is 10.6 Å². The third-order valence-electron chi connectivity index (χ3n) is 4.78. The van der Waals surface area contributed by atoms with Gasteiger partial charge in [0.2, 0.25) is 5.95 Å². The van der Waals surface area contributed by atoms with Gasteiger partial charge in [0.25, 0.3) is 5.91 Å². The van der Waals surface area contributed by atoms with E-state index in [-0.39, 0.29) is 12.1 Å². The van der Waals surface area contributed by atoms with Crippen molar-refractivity contribution in [1.29, 1.82) is 0 Å². The van der Waals surface area contributed by atoms with Gasteiger partial charge < -0.3 is 21.5 Å². The molecule has 0 aromatic carbocycles. The molecule has 1 aromatic rings. The van der Waals surface area contributed by atoms with Crippen molar-refractivity contribution >= 4 is 17.7 Å². The number of hydrogen-bond acceptors (Lipinski definition) is 6. The number of carbonyl (C=O) groups is 1. The van der Waals surface area contributed by atoms with Gasteiger partial charge in [-0.25, -0.2) is 4.98 Å². The fourth-order valence-electron chi connectivity index (χ4n) is 3.41. The molecule has 2 aliphatic carbocycles. The number of amides is 1. The summed E-state index contributed by atoms with van der Waals surface area (Å²) in [5.74, 6) is 0.505. The smallest absolute Gasteiger partial charge is 0.254 e. The van der Waals surface area contributed by atoms with E-state index >= 15 is 0 Å². The molecule has 0 aliphatic heterocycles. The highest BCUT2D eigenvalue weighted by Gasteiger charge is 2.22. The second kappa shape index (κ2) is 7.12. The van der Waals surface area contributed by atoms with E-state index in [1.807, 2.05) is 0 Å². The molecule has 0 radical (unpaired) electrons. The van der Waals surface area contributed by atoms with Gasteiger partial charge in [-0.1, -0.05) is 12.8 Å². The van der Waals surface area contributed by atoms with Crippen molar-refractivity contribution in [3.05, 3.63) is 11.8 Å². The Morgan fingerprint density at radius 2 is 1.74 bits per heavy atom. The molecule has 1 amide bonds. The van der Waals surface area contributed by atoms with Gasteiger partial charge in [0.1, 0.15) is 5.82 Å². The summed E-state index contributed by atoms with van der Waals surface area (Å²) in [5, 5.41) is 16.3. The lowest BCUT2D eigenvalue weighted by atomic mass is 9.93. The van der Waals surface area contributed by atoms with E-state index in [2.05, 4.69) is 20.6 Å². The number of rotatable bonds is 5. The first kappa shape index (κ1) is 16.0. The van der Waals surface area contributed by atoms with Gasteiger partial charge in [-0.15, -0.1) is 0 Å². The van der Waals surface area contributed by atoms with Gasteiger partial charge in [-0.3, -0.25) is 4.79 Å². The summed E-state index contributed by atoms with van der Waals surface area (Å²) >= 11 is 0. The van der Waals surface area contributed by atoms with Gasteiger partial charge >= 0.3 is 0 Å². The molecule has 23 heavy (non-hydrogen) atoms. The van der Waals surface area contributed by atoms with Crippen LogP contribution in [0, 0.1) is 0 Å². The van der Waals surface area contributed by atoms with Crippen LogP contribution in [0.15, 0.2) is 6.20 Å². The number of aliphatic hydroxyl groups excluding tert-OH is 1. The van der Waals surface area contributed by atoms with Gasteiger partial charge in [-0.05, 0) is 38.5 Å². The van der Waals surface area contributed by atoms with Gasteiger partial charge in [0.05, 0.1) is 11.7 Å². The summed E-state index contributed by atoms with van der Waals surface area (Å²) < 4.78 is 0. The van der Waals surface area contributed by atoms with Crippen LogP contribution in [0.1, 0.15) is 61.7 Å². The van der Waals surface area contributed by atoms with Gasteiger partial charge in [0, 0.05) is 18.3 Å². The molecule has 1 heterocycles. The Morgan fingerprint density at radius 3 is 2.39 bits per heavy atom. The van der Waals surface area contributed by atoms with E-state index in [9.17, 15) is 9.90 Å². The van der Waals surface area contributed by atoms with Crippen molar-refractivity contribution in [2.24, 2.45) is 5.73 Å². The van der Waals surface area contributed by atoms with Crippen molar-refractivity contribution in [3.8, 4) is 0 Å². The monoisotopic (exact) mass is 319 g/mol. The summed E-state index contributed by atoms with van der Waals surface area (Å²) in [6.45, 7) is 0. The largest absolute Gasteiger partial charge is 0.393 e. The van der Waals surface area contributed by atoms with Crippen LogP contribution >= 0.6 is 0 Å². The van der Waals surface area contributed by atoms with Crippen LogP contribution in [0.25, 0.3) is 0 Å². The Labute approximate surface area is 136 Å². The van der Waals surface area contributed by atoms with Crippen LogP contribution in [-0.4, -0.2) is 39.2 Å². The summed E-state index contributed by atoms with van der Waals surface area (Å²) in [4.78, 5) is 20.3. The SMILES string of the molecule is NC(=O)c1cnc(NC2CCCC2)nc1N[C@H]1CC[C@H](O)CC1. The first-order valence-electron chi connectivity index (χ1n) is 8.50. The highest BCUT2D eigenvalue weighted by atomic mass is 16.3. The predicted octanol–water partition coefficient (Wildman–Crippen LogP) is 1.65. The molecule has 2 saturated carbocycles. The molecule has 2 fully saturated rings. The molecule has 0 atom stereocenters. The lowest BCUT2D eigenvalue weighted by molar-refractivity contribution is 0.1000. The Balaban J connectivity index is 1.73. The number of aromatic nitrogens is 2. The Hall–Kier alpha value is -1.89. The summed E-state index contributed by atoms with van der Waals surface area (Å²) in [6, 6.07) is 0.609. The molecule has 0 spiro atoms. The van der Waals surface area contributed by atoms with Crippen molar-refractivity contribution < 1.29 is 9.90 Å². The highest BCUT2D eigenvalue weighted by molar-refractivity contribution is 5.97. The normalized spacial score (nSPS) is 25.3. The number of aliphatic hydroxyl groups is 1. The molecule has 5 N–H and O–H groups in total. The summed E-state index contributed by atoms with van der Waals surface area (Å²) in [7, 11) is 0. The maximum Gasteiger partial charge on any atom is 0.254 e. The maximum absolute atomic E-state index is 11.6. The summed E-state index contributed by atoms with van der Waals surface area (Å²) in [5.41, 5.74) is 5.75. The topological polar surface area (TPSA) is 113 Å². The van der Waals surface area contributed by atoms with Crippen LogP contribution in [0.3, 0.4) is 0 Å². The summed E-state index contributed by atoms with van der Waals surface area (Å²) in [6.07, 6.45) is 9.24. The zero-order valence-electron chi connectivity index (χ0n) is 13.3. The fourth-order valence-corrected chi connectivity index (χ4v) is 3.41. The number of anilines is 2. The van der Waals surface area contributed by atoms with Gasteiger partial charge in [0.15, 0.2) is 0 Å². The Kier molecular flexibility index (Phi) is 4.95. The van der Waals surface area contributed by atoms with E-state index in [1.165, 1.54) is 19.0 Å². The zero-order chi connectivity index (χ0) is 16.2. The number of primary amides is 1. The van der Waals surface area contributed by atoms with Crippen LogP contribution < -0.4 is 16.4 Å². The number of nitrogens with two attached hydrogens (primary N) is 1. The standard InChI is InChI=1S/C16H25N5O2/c17-14(23)13-9-18-16(20-10-3-1-2-4-10)21-15(13)19-11-5-7-12(22)8-6-11/h9-12,22H,1-8H2,(H2,17,23)(H2,18,19,20,21)/t11-,12-. The number of carbonyl (C=O) groups excluding carboxylic acids is 1. The predicted molar refractivity (Wildman–Crippen MR) is 88.3 cm³/mol. The minimum Gasteiger partial charge on any atom is -0.393 e. The van der Waals surface area contributed by atoms with Crippen LogP contribution in [0.5, 0.6) is 0 Å². The van der Waals surface area contributed by atoms with E-state index < -0.39 is 5.91 Å². The van der Waals surface area contributed by atoms with Crippen LogP contribution in [0.4, 0.5) is 11.8 Å². The number of nitrogens with one attached hydrogen (secondary N) is 2. The molecule has 0 saturated heterocycles. The second-order valence-electron chi connectivity index (χ2n) is 6.60. The lowest BCUT2D eigenvalue weighted by Gasteiger charge is -2.27. The van der Waals surface area contributed by atoms with Gasteiger partial charge in [-0.2, -0.15) is 4.98 Å². The third kappa shape index (κ3) is 4.10. The fraction of sp³-hybridized carbons (Fsp3) is 0.688. The molecule has 7 heteroatoms. The molecule has 2 aliphatic rings. The second-order valence-corrected chi connectivity index (χ2v) is 6.60. The Morgan fingerprint density at radius 1 is 1.09 bits per heavy atom. The van der Waals surface area contributed by atoms with Crippen molar-refractivity contribution in [3.63, 3.8) is 0 Å². The molecular formula is C16H25N5O2. The molecule has 0 bridgehead atoms. The third-order valence-corrected chi connectivity index (χ3v) is 4.78. The van der Waals surface area contributed by atoms with E-state index in [1.54, 1.807) is 0 Å². The molecule has 7 nitrogen and oxygen atoms in total. The van der Waals surface area contributed by atoms with Crippen LogP contribution in [-0.2, 0) is 0 Å². The Bertz CT molecular complexity index is 551. The highest BCUT2D eigenvalue weighted by Crippen LogP contribution is 2.25. The number of nitrogens with zero attached hydrogens (tertiary/aromatic N) is 2. The van der Waals surface area contributed by atoms with Crippen molar-refractivity contribution in [1.82, 2.24) is 9.97 Å². The van der Waals surface area contributed by atoms with E-state index in [0.717, 1.165) is 38.5 Å². The van der Waals surface area contributed by atoms with E-state index in [4.69, 9.17) is 5.73 Å². The minimum atomic E-state index is -0.532. The molecular weight excluding hydrogens is 294 g/mol. The molecule has 126 valence electrons. The maximum atomic E-state index is 11.6. The quantitative estimate of drug-likeness (QED) is 0.656. The first-order chi connectivity index (χ1) is 11.1. The molecule has 0 unspecified atom stereocenters. The van der Waals surface area contributed by atoms with E-state index in [0.29, 0.717) is 23.4 Å². The average Bonchev–Trinajstić information content (AvgIpc) is 3.02. The average molecular weight is 319 g/mol. The number of hydrogen-bond donors (Lipinski definition) is 4. The zero-order valence-corrected chi connectivity index (χ0v) is 13.3.